The van der Waals surface area contributed by atoms with Crippen molar-refractivity contribution in [3.63, 3.8) is 0 Å². The monoisotopic (exact) mass is 794 g/mol. The number of hydrogen-bond acceptors (Lipinski definition) is 5. The highest BCUT2D eigenvalue weighted by Gasteiger charge is 2.27. The van der Waals surface area contributed by atoms with Crippen molar-refractivity contribution in [1.82, 2.24) is 24.8 Å². The quantitative estimate of drug-likeness (QED) is 0.150. The van der Waals surface area contributed by atoms with Gasteiger partial charge in [0.1, 0.15) is 0 Å². The van der Waals surface area contributed by atoms with E-state index in [0.29, 0.717) is 17.5 Å². The predicted molar refractivity (Wildman–Crippen MR) is 254 cm³/mol. The first-order valence-electron chi connectivity index (χ1n) is 20.7. The molecular formula is C56H38N6. The van der Waals surface area contributed by atoms with E-state index in [1.165, 1.54) is 17.0 Å². The van der Waals surface area contributed by atoms with E-state index in [-0.39, 0.29) is 0 Å². The van der Waals surface area contributed by atoms with E-state index in [4.69, 9.17) is 20.4 Å². The molecule has 2 aromatic heterocycles. The van der Waals surface area contributed by atoms with Gasteiger partial charge in [-0.2, -0.15) is 0 Å². The molecule has 0 atom stereocenters. The summed E-state index contributed by atoms with van der Waals surface area (Å²) in [6.07, 6.45) is 1.45. The van der Waals surface area contributed by atoms with Crippen LogP contribution in [0.4, 0.5) is 0 Å². The lowest BCUT2D eigenvalue weighted by Crippen LogP contribution is -2.21. The maximum absolute atomic E-state index is 8.54. The Morgan fingerprint density at radius 3 is 1.42 bits per heavy atom. The standard InChI is InChI=1S/C56H38N6/c57-36-48(37-16-4-1-5-17-37)53-47-25-11-10-24-46(47)51(52(58-53)39-18-6-2-7-19-39)38-28-30-41(31-29-38)55-59-54(40-20-8-3-9-21-40)60-56(61-55)42-32-34-43(35-33-42)62-49-26-14-12-22-44(49)45-23-13-15-27-50(45)62/h1-36,57-58H/b53-48+,57-36?. The summed E-state index contributed by atoms with van der Waals surface area (Å²) < 4.78 is 2.32. The van der Waals surface area contributed by atoms with Gasteiger partial charge in [0.05, 0.1) is 22.4 Å². The Balaban J connectivity index is 1.01. The van der Waals surface area contributed by atoms with Crippen LogP contribution in [0.3, 0.4) is 0 Å². The van der Waals surface area contributed by atoms with Crippen molar-refractivity contribution in [2.45, 2.75) is 0 Å². The molecule has 292 valence electrons. The van der Waals surface area contributed by atoms with E-state index in [1.54, 1.807) is 0 Å². The lowest BCUT2D eigenvalue weighted by Gasteiger charge is -2.29. The fraction of sp³-hybridized carbons (Fsp3) is 0. The highest BCUT2D eigenvalue weighted by Crippen LogP contribution is 2.42. The molecule has 0 bridgehead atoms. The number of benzene rings is 8. The fourth-order valence-electron chi connectivity index (χ4n) is 8.66. The highest BCUT2D eigenvalue weighted by molar-refractivity contribution is 6.21. The molecule has 0 saturated carbocycles. The van der Waals surface area contributed by atoms with E-state index in [2.05, 4.69) is 168 Å². The second-order valence-corrected chi connectivity index (χ2v) is 15.3. The molecule has 0 unspecified atom stereocenters. The normalized spacial score (nSPS) is 13.2. The van der Waals surface area contributed by atoms with Crippen LogP contribution >= 0.6 is 0 Å². The molecule has 6 heteroatoms. The van der Waals surface area contributed by atoms with Gasteiger partial charge in [0.2, 0.25) is 0 Å². The van der Waals surface area contributed by atoms with Crippen LogP contribution < -0.4 is 5.32 Å². The summed E-state index contributed by atoms with van der Waals surface area (Å²) in [5.74, 6) is 1.81. The Kier molecular flexibility index (Phi) is 9.21. The SMILES string of the molecule is N=C/C(=C1\NC(c2ccccc2)=C(c2ccc(-c3nc(-c4ccccc4)nc(-c4ccc(-n5c6ccccc6c6ccccc65)cc4)n3)cc2)c2ccccc21)c1ccccc1. The molecule has 0 radical (unpaired) electrons. The van der Waals surface area contributed by atoms with Crippen LogP contribution in [-0.2, 0) is 0 Å². The summed E-state index contributed by atoms with van der Waals surface area (Å²) >= 11 is 0. The Morgan fingerprint density at radius 2 is 0.855 bits per heavy atom. The number of para-hydroxylation sites is 2. The average molecular weight is 795 g/mol. The van der Waals surface area contributed by atoms with Crippen LogP contribution in [0.25, 0.3) is 84.2 Å². The molecule has 10 aromatic rings. The predicted octanol–water partition coefficient (Wildman–Crippen LogP) is 13.0. The van der Waals surface area contributed by atoms with E-state index < -0.39 is 0 Å². The number of nitrogens with zero attached hydrogens (tertiary/aromatic N) is 4. The Morgan fingerprint density at radius 1 is 0.419 bits per heavy atom. The van der Waals surface area contributed by atoms with Crippen molar-refractivity contribution in [2.75, 3.05) is 0 Å². The fourth-order valence-corrected chi connectivity index (χ4v) is 8.66. The summed E-state index contributed by atoms with van der Waals surface area (Å²) in [6.45, 7) is 0. The number of rotatable bonds is 8. The molecule has 62 heavy (non-hydrogen) atoms. The maximum atomic E-state index is 8.54. The lowest BCUT2D eigenvalue weighted by molar-refractivity contribution is 1.07. The van der Waals surface area contributed by atoms with Gasteiger partial charge >= 0.3 is 0 Å². The molecule has 0 saturated heterocycles. The Hall–Kier alpha value is -8.48. The smallest absolute Gasteiger partial charge is 0.164 e. The lowest BCUT2D eigenvalue weighted by atomic mass is 9.84. The second kappa shape index (κ2) is 15.6. The van der Waals surface area contributed by atoms with Gasteiger partial charge in [0.25, 0.3) is 0 Å². The number of fused-ring (bicyclic) bond motifs is 4. The van der Waals surface area contributed by atoms with E-state index in [9.17, 15) is 0 Å². The average Bonchev–Trinajstić information content (AvgIpc) is 3.69. The molecule has 0 amide bonds. The number of nitrogens with one attached hydrogen (secondary N) is 2. The first kappa shape index (κ1) is 36.6. The molecule has 11 rings (SSSR count). The molecule has 8 aromatic carbocycles. The molecule has 0 spiro atoms. The van der Waals surface area contributed by atoms with Crippen molar-refractivity contribution >= 4 is 50.6 Å². The van der Waals surface area contributed by atoms with Crippen LogP contribution in [0, 0.1) is 5.41 Å². The Bertz CT molecular complexity index is 3300. The van der Waals surface area contributed by atoms with Crippen molar-refractivity contribution < 1.29 is 0 Å². The van der Waals surface area contributed by atoms with Gasteiger partial charge in [0.15, 0.2) is 17.5 Å². The van der Waals surface area contributed by atoms with Gasteiger partial charge in [-0.05, 0) is 58.7 Å². The molecule has 1 aliphatic heterocycles. The first-order chi connectivity index (χ1) is 30.7. The summed E-state index contributed by atoms with van der Waals surface area (Å²) in [4.78, 5) is 15.2. The molecule has 2 N–H and O–H groups in total. The van der Waals surface area contributed by atoms with Gasteiger partial charge in [-0.3, -0.25) is 0 Å². The third-order valence-electron chi connectivity index (χ3n) is 11.6. The second-order valence-electron chi connectivity index (χ2n) is 15.3. The molecular weight excluding hydrogens is 757 g/mol. The minimum atomic E-state index is 0.593. The maximum Gasteiger partial charge on any atom is 0.164 e. The minimum Gasteiger partial charge on any atom is -0.353 e. The number of aromatic nitrogens is 4. The van der Waals surface area contributed by atoms with E-state index in [1.807, 2.05) is 54.6 Å². The zero-order valence-electron chi connectivity index (χ0n) is 33.6. The minimum absolute atomic E-state index is 0.593. The van der Waals surface area contributed by atoms with Crippen LogP contribution in [0.15, 0.2) is 212 Å². The molecule has 0 fully saturated rings. The van der Waals surface area contributed by atoms with Gasteiger partial charge in [0, 0.05) is 56.1 Å². The molecule has 0 aliphatic carbocycles. The van der Waals surface area contributed by atoms with Gasteiger partial charge in [-0.25, -0.2) is 15.0 Å². The van der Waals surface area contributed by atoms with E-state index >= 15 is 0 Å². The summed E-state index contributed by atoms with van der Waals surface area (Å²) in [6, 6.07) is 73.2. The Labute approximate surface area is 359 Å². The third-order valence-corrected chi connectivity index (χ3v) is 11.6. The molecule has 1 aliphatic rings. The summed E-state index contributed by atoms with van der Waals surface area (Å²) in [5.41, 5.74) is 15.1. The largest absolute Gasteiger partial charge is 0.353 e. The zero-order valence-corrected chi connectivity index (χ0v) is 33.6. The van der Waals surface area contributed by atoms with Crippen molar-refractivity contribution in [3.8, 4) is 39.9 Å². The van der Waals surface area contributed by atoms with Crippen LogP contribution in [0.2, 0.25) is 0 Å². The van der Waals surface area contributed by atoms with Crippen LogP contribution in [-0.4, -0.2) is 25.7 Å². The van der Waals surface area contributed by atoms with Crippen LogP contribution in [0.1, 0.15) is 27.8 Å². The third kappa shape index (κ3) is 6.47. The number of hydrogen-bond donors (Lipinski definition) is 2. The summed E-state index contributed by atoms with van der Waals surface area (Å²) in [7, 11) is 0. The molecule has 6 nitrogen and oxygen atoms in total. The number of allylic oxidation sites excluding steroid dienone is 1. The van der Waals surface area contributed by atoms with E-state index in [0.717, 1.165) is 83.8 Å². The van der Waals surface area contributed by atoms with Crippen molar-refractivity contribution in [3.05, 3.63) is 240 Å². The van der Waals surface area contributed by atoms with Gasteiger partial charge in [-0.15, -0.1) is 0 Å². The zero-order chi connectivity index (χ0) is 41.4. The van der Waals surface area contributed by atoms with Gasteiger partial charge < -0.3 is 15.3 Å². The topological polar surface area (TPSA) is 79.5 Å². The summed E-state index contributed by atoms with van der Waals surface area (Å²) in [5, 5.41) is 14.8. The van der Waals surface area contributed by atoms with Crippen molar-refractivity contribution in [1.29, 1.82) is 5.41 Å². The highest BCUT2D eigenvalue weighted by atomic mass is 15.0. The van der Waals surface area contributed by atoms with Crippen molar-refractivity contribution in [2.24, 2.45) is 0 Å². The van der Waals surface area contributed by atoms with Gasteiger partial charge in [-0.1, -0.05) is 176 Å². The van der Waals surface area contributed by atoms with Crippen LogP contribution in [0.5, 0.6) is 0 Å². The first-order valence-corrected chi connectivity index (χ1v) is 20.7. The molecule has 3 heterocycles.